The van der Waals surface area contributed by atoms with Gasteiger partial charge in [-0.2, -0.15) is 0 Å². The summed E-state index contributed by atoms with van der Waals surface area (Å²) in [7, 11) is 1.41. The standard InChI is InChI=1S/C11H14O4/c1-7-5-9(11(14)15-2)4-3-8(7)6-10(12)13/h3-5,11,14H,6H2,1-2H3,(H,12,13). The number of hydrogen-bond acceptors (Lipinski definition) is 3. The Balaban J connectivity index is 2.92. The van der Waals surface area contributed by atoms with E-state index in [1.165, 1.54) is 7.11 Å². The summed E-state index contributed by atoms with van der Waals surface area (Å²) in [6.07, 6.45) is -0.961. The van der Waals surface area contributed by atoms with Crippen LogP contribution in [0.4, 0.5) is 0 Å². The van der Waals surface area contributed by atoms with E-state index in [-0.39, 0.29) is 6.42 Å². The van der Waals surface area contributed by atoms with Crippen LogP contribution in [0, 0.1) is 6.92 Å². The van der Waals surface area contributed by atoms with Gasteiger partial charge in [-0.1, -0.05) is 18.2 Å². The van der Waals surface area contributed by atoms with Crippen molar-refractivity contribution in [3.8, 4) is 0 Å². The average Bonchev–Trinajstić information content (AvgIpc) is 2.19. The van der Waals surface area contributed by atoms with E-state index in [2.05, 4.69) is 0 Å². The molecule has 0 heterocycles. The first-order valence-corrected chi connectivity index (χ1v) is 4.56. The Hall–Kier alpha value is -1.39. The van der Waals surface area contributed by atoms with Crippen LogP contribution in [0.5, 0.6) is 0 Å². The smallest absolute Gasteiger partial charge is 0.307 e. The van der Waals surface area contributed by atoms with E-state index in [0.29, 0.717) is 5.56 Å². The minimum atomic E-state index is -0.956. The normalized spacial score (nSPS) is 12.5. The topological polar surface area (TPSA) is 66.8 Å². The monoisotopic (exact) mass is 210 g/mol. The lowest BCUT2D eigenvalue weighted by atomic mass is 10.0. The van der Waals surface area contributed by atoms with Gasteiger partial charge < -0.3 is 14.9 Å². The number of hydrogen-bond donors (Lipinski definition) is 2. The lowest BCUT2D eigenvalue weighted by Gasteiger charge is -2.11. The Morgan fingerprint density at radius 3 is 2.67 bits per heavy atom. The van der Waals surface area contributed by atoms with Crippen molar-refractivity contribution in [2.45, 2.75) is 19.6 Å². The van der Waals surface area contributed by atoms with E-state index in [1.54, 1.807) is 18.2 Å². The molecule has 0 amide bonds. The Morgan fingerprint density at radius 1 is 1.53 bits per heavy atom. The van der Waals surface area contributed by atoms with Gasteiger partial charge in [0.2, 0.25) is 0 Å². The van der Waals surface area contributed by atoms with Crippen LogP contribution < -0.4 is 0 Å². The van der Waals surface area contributed by atoms with E-state index >= 15 is 0 Å². The first kappa shape index (κ1) is 11.7. The van der Waals surface area contributed by atoms with Crippen LogP contribution in [-0.4, -0.2) is 23.3 Å². The molecule has 1 unspecified atom stereocenters. The number of aryl methyl sites for hydroxylation is 1. The Morgan fingerprint density at radius 2 is 2.20 bits per heavy atom. The molecule has 2 N–H and O–H groups in total. The summed E-state index contributed by atoms with van der Waals surface area (Å²) >= 11 is 0. The zero-order valence-corrected chi connectivity index (χ0v) is 8.73. The minimum Gasteiger partial charge on any atom is -0.481 e. The third-order valence-corrected chi connectivity index (χ3v) is 2.22. The Bertz CT molecular complexity index is 360. The van der Waals surface area contributed by atoms with Crippen molar-refractivity contribution in [2.24, 2.45) is 0 Å². The van der Waals surface area contributed by atoms with Gasteiger partial charge in [0.25, 0.3) is 0 Å². The van der Waals surface area contributed by atoms with Crippen molar-refractivity contribution >= 4 is 5.97 Å². The van der Waals surface area contributed by atoms with Gasteiger partial charge in [-0.3, -0.25) is 4.79 Å². The maximum absolute atomic E-state index is 10.5. The van der Waals surface area contributed by atoms with E-state index in [4.69, 9.17) is 9.84 Å². The van der Waals surface area contributed by atoms with Gasteiger partial charge >= 0.3 is 5.97 Å². The highest BCUT2D eigenvalue weighted by Crippen LogP contribution is 2.18. The molecule has 1 atom stereocenters. The second-order valence-corrected chi connectivity index (χ2v) is 3.34. The molecule has 0 aliphatic carbocycles. The third-order valence-electron chi connectivity index (χ3n) is 2.22. The summed E-state index contributed by atoms with van der Waals surface area (Å²) in [5, 5.41) is 18.0. The maximum Gasteiger partial charge on any atom is 0.307 e. The van der Waals surface area contributed by atoms with Gasteiger partial charge in [-0.05, 0) is 18.1 Å². The lowest BCUT2D eigenvalue weighted by Crippen LogP contribution is -2.04. The largest absolute Gasteiger partial charge is 0.481 e. The summed E-state index contributed by atoms with van der Waals surface area (Å²) in [6, 6.07) is 5.09. The molecule has 0 saturated heterocycles. The summed E-state index contributed by atoms with van der Waals surface area (Å²) in [5.41, 5.74) is 2.21. The summed E-state index contributed by atoms with van der Waals surface area (Å²) in [5.74, 6) is -0.863. The molecule has 1 aromatic carbocycles. The quantitative estimate of drug-likeness (QED) is 0.734. The zero-order valence-electron chi connectivity index (χ0n) is 8.73. The molecule has 0 spiro atoms. The van der Waals surface area contributed by atoms with Gasteiger partial charge in [-0.25, -0.2) is 0 Å². The molecule has 0 radical (unpaired) electrons. The van der Waals surface area contributed by atoms with Crippen LogP contribution in [0.1, 0.15) is 23.0 Å². The fourth-order valence-corrected chi connectivity index (χ4v) is 1.37. The van der Waals surface area contributed by atoms with E-state index in [9.17, 15) is 9.90 Å². The molecule has 0 aliphatic rings. The number of methoxy groups -OCH3 is 1. The van der Waals surface area contributed by atoms with Gasteiger partial charge in [0.1, 0.15) is 0 Å². The predicted octanol–water partition coefficient (Wildman–Crippen LogP) is 1.26. The van der Waals surface area contributed by atoms with Crippen molar-refractivity contribution in [1.82, 2.24) is 0 Å². The van der Waals surface area contributed by atoms with E-state index in [1.807, 2.05) is 6.92 Å². The highest BCUT2D eigenvalue weighted by molar-refractivity contribution is 5.70. The van der Waals surface area contributed by atoms with Crippen LogP contribution in [-0.2, 0) is 16.0 Å². The molecule has 82 valence electrons. The number of rotatable bonds is 4. The SMILES string of the molecule is COC(O)c1ccc(CC(=O)O)c(C)c1. The molecule has 15 heavy (non-hydrogen) atoms. The zero-order chi connectivity index (χ0) is 11.4. The second-order valence-electron chi connectivity index (χ2n) is 3.34. The molecule has 0 fully saturated rings. The highest BCUT2D eigenvalue weighted by Gasteiger charge is 2.09. The molecule has 0 saturated carbocycles. The molecule has 0 aliphatic heterocycles. The molecule has 1 rings (SSSR count). The Kier molecular flexibility index (Phi) is 3.82. The number of aliphatic hydroxyl groups is 1. The van der Waals surface area contributed by atoms with Crippen LogP contribution in [0.2, 0.25) is 0 Å². The molecular weight excluding hydrogens is 196 g/mol. The Labute approximate surface area is 88.1 Å². The maximum atomic E-state index is 10.5. The molecule has 4 heteroatoms. The molecular formula is C11H14O4. The van der Waals surface area contributed by atoms with Crippen LogP contribution in [0.25, 0.3) is 0 Å². The number of carboxylic acids is 1. The second kappa shape index (κ2) is 4.91. The van der Waals surface area contributed by atoms with Crippen molar-refractivity contribution in [2.75, 3.05) is 7.11 Å². The van der Waals surface area contributed by atoms with Gasteiger partial charge in [0, 0.05) is 12.7 Å². The van der Waals surface area contributed by atoms with Crippen molar-refractivity contribution in [3.63, 3.8) is 0 Å². The van der Waals surface area contributed by atoms with E-state index in [0.717, 1.165) is 11.1 Å². The first-order chi connectivity index (χ1) is 7.04. The fourth-order valence-electron chi connectivity index (χ4n) is 1.37. The van der Waals surface area contributed by atoms with E-state index < -0.39 is 12.3 Å². The molecule has 4 nitrogen and oxygen atoms in total. The van der Waals surface area contributed by atoms with Crippen LogP contribution in [0.15, 0.2) is 18.2 Å². The van der Waals surface area contributed by atoms with Gasteiger partial charge in [0.05, 0.1) is 6.42 Å². The summed E-state index contributed by atoms with van der Waals surface area (Å²) in [6.45, 7) is 1.81. The summed E-state index contributed by atoms with van der Waals surface area (Å²) in [4.78, 5) is 10.5. The number of carbonyl (C=O) groups is 1. The van der Waals surface area contributed by atoms with Crippen molar-refractivity contribution in [3.05, 3.63) is 34.9 Å². The van der Waals surface area contributed by atoms with Gasteiger partial charge in [-0.15, -0.1) is 0 Å². The third kappa shape index (κ3) is 3.04. The minimum absolute atomic E-state index is 0.00477. The fraction of sp³-hybridized carbons (Fsp3) is 0.364. The number of benzene rings is 1. The molecule has 0 aromatic heterocycles. The van der Waals surface area contributed by atoms with Crippen LogP contribution in [0.3, 0.4) is 0 Å². The number of aliphatic carboxylic acids is 1. The van der Waals surface area contributed by atoms with Crippen LogP contribution >= 0.6 is 0 Å². The lowest BCUT2D eigenvalue weighted by molar-refractivity contribution is -0.136. The number of ether oxygens (including phenoxy) is 1. The van der Waals surface area contributed by atoms with Gasteiger partial charge in [0.15, 0.2) is 6.29 Å². The molecule has 0 bridgehead atoms. The number of aliphatic hydroxyl groups excluding tert-OH is 1. The first-order valence-electron chi connectivity index (χ1n) is 4.56. The van der Waals surface area contributed by atoms with Crippen molar-refractivity contribution in [1.29, 1.82) is 0 Å². The molecule has 1 aromatic rings. The average molecular weight is 210 g/mol. The predicted molar refractivity (Wildman–Crippen MR) is 54.5 cm³/mol. The number of carboxylic acid groups (broad SMARTS) is 1. The summed E-state index contributed by atoms with van der Waals surface area (Å²) < 4.78 is 4.75. The van der Waals surface area contributed by atoms with Crippen molar-refractivity contribution < 1.29 is 19.7 Å². The highest BCUT2D eigenvalue weighted by atomic mass is 16.6.